The lowest BCUT2D eigenvalue weighted by atomic mass is 10.2. The Balaban J connectivity index is 2.22. The topological polar surface area (TPSA) is 84.9 Å². The highest BCUT2D eigenvalue weighted by Gasteiger charge is 2.20. The van der Waals surface area contributed by atoms with E-state index in [0.717, 1.165) is 39.1 Å². The van der Waals surface area contributed by atoms with Gasteiger partial charge < -0.3 is 25.5 Å². The Morgan fingerprint density at radius 1 is 1.38 bits per heavy atom. The molecule has 7 nitrogen and oxygen atoms in total. The molecule has 122 valence electrons. The first-order chi connectivity index (χ1) is 10.0. The number of carbonyl (C=O) groups is 2. The van der Waals surface area contributed by atoms with E-state index >= 15 is 0 Å². The van der Waals surface area contributed by atoms with Crippen molar-refractivity contribution in [3.8, 4) is 0 Å². The molecular weight excluding hydrogens is 272 g/mol. The Morgan fingerprint density at radius 2 is 2.05 bits per heavy atom. The fraction of sp³-hybridized carbons (Fsp3) is 0.857. The van der Waals surface area contributed by atoms with Gasteiger partial charge in [0.05, 0.1) is 6.42 Å². The molecule has 1 saturated heterocycles. The third-order valence-corrected chi connectivity index (χ3v) is 3.74. The van der Waals surface area contributed by atoms with Gasteiger partial charge in [-0.15, -0.1) is 0 Å². The van der Waals surface area contributed by atoms with Crippen molar-refractivity contribution < 1.29 is 14.7 Å². The smallest absolute Gasteiger partial charge is 0.317 e. The lowest BCUT2D eigenvalue weighted by Gasteiger charge is -2.28. The van der Waals surface area contributed by atoms with Gasteiger partial charge in [0.15, 0.2) is 0 Å². The second-order valence-corrected chi connectivity index (χ2v) is 5.41. The van der Waals surface area contributed by atoms with Gasteiger partial charge >= 0.3 is 12.0 Å². The maximum absolute atomic E-state index is 12.0. The van der Waals surface area contributed by atoms with E-state index in [-0.39, 0.29) is 18.5 Å². The number of hydrogen-bond donors (Lipinski definition) is 3. The average Bonchev–Trinajstić information content (AvgIpc) is 2.44. The van der Waals surface area contributed by atoms with Crippen LogP contribution in [-0.4, -0.2) is 78.8 Å². The standard InChI is InChI=1S/C14H28N4O3/c1-3-18(12(2)11-13(19)20)14(21)16-5-4-8-17-9-6-15-7-10-17/h12,15H,3-11H2,1-2H3,(H,16,21)(H,19,20). The molecule has 1 unspecified atom stereocenters. The maximum atomic E-state index is 12.0. The summed E-state index contributed by atoms with van der Waals surface area (Å²) in [6, 6.07) is -0.466. The van der Waals surface area contributed by atoms with Crippen molar-refractivity contribution in [2.75, 3.05) is 45.8 Å². The number of aliphatic carboxylic acids is 1. The van der Waals surface area contributed by atoms with E-state index in [1.807, 2.05) is 6.92 Å². The minimum Gasteiger partial charge on any atom is -0.481 e. The minimum atomic E-state index is -0.882. The van der Waals surface area contributed by atoms with Gasteiger partial charge in [-0.05, 0) is 26.8 Å². The molecule has 2 amide bonds. The van der Waals surface area contributed by atoms with E-state index in [4.69, 9.17) is 5.11 Å². The number of carbonyl (C=O) groups excluding carboxylic acids is 1. The molecule has 1 aliphatic heterocycles. The van der Waals surface area contributed by atoms with Gasteiger partial charge in [0.1, 0.15) is 0 Å². The first-order valence-corrected chi connectivity index (χ1v) is 7.74. The first kappa shape index (κ1) is 17.7. The largest absolute Gasteiger partial charge is 0.481 e. The molecule has 0 aliphatic carbocycles. The SMILES string of the molecule is CCN(C(=O)NCCCN1CCNCC1)C(C)CC(=O)O. The van der Waals surface area contributed by atoms with Crippen LogP contribution in [-0.2, 0) is 4.79 Å². The third kappa shape index (κ3) is 6.77. The van der Waals surface area contributed by atoms with Crippen LogP contribution in [0.25, 0.3) is 0 Å². The fourth-order valence-corrected chi connectivity index (χ4v) is 2.55. The monoisotopic (exact) mass is 300 g/mol. The van der Waals surface area contributed by atoms with Crippen LogP contribution in [0.15, 0.2) is 0 Å². The molecule has 1 aliphatic rings. The van der Waals surface area contributed by atoms with Gasteiger partial charge in [0.25, 0.3) is 0 Å². The molecule has 1 rings (SSSR count). The van der Waals surface area contributed by atoms with E-state index < -0.39 is 5.97 Å². The summed E-state index contributed by atoms with van der Waals surface area (Å²) in [6.45, 7) is 9.92. The van der Waals surface area contributed by atoms with Crippen LogP contribution in [0.1, 0.15) is 26.7 Å². The first-order valence-electron chi connectivity index (χ1n) is 7.74. The third-order valence-electron chi connectivity index (χ3n) is 3.74. The average molecular weight is 300 g/mol. The second kappa shape index (κ2) is 9.57. The molecule has 1 fully saturated rings. The Labute approximate surface area is 126 Å². The van der Waals surface area contributed by atoms with Crippen LogP contribution in [0.5, 0.6) is 0 Å². The number of hydrogen-bond acceptors (Lipinski definition) is 4. The van der Waals surface area contributed by atoms with Crippen molar-refractivity contribution in [3.05, 3.63) is 0 Å². The summed E-state index contributed by atoms with van der Waals surface area (Å²) in [5.74, 6) is -0.882. The van der Waals surface area contributed by atoms with Crippen molar-refractivity contribution in [2.45, 2.75) is 32.7 Å². The number of carboxylic acid groups (broad SMARTS) is 1. The Kier molecular flexibility index (Phi) is 8.07. The molecule has 1 atom stereocenters. The van der Waals surface area contributed by atoms with Crippen molar-refractivity contribution in [3.63, 3.8) is 0 Å². The second-order valence-electron chi connectivity index (χ2n) is 5.41. The summed E-state index contributed by atoms with van der Waals surface area (Å²) >= 11 is 0. The molecule has 0 aromatic carbocycles. The molecule has 0 aromatic rings. The van der Waals surface area contributed by atoms with Gasteiger partial charge in [-0.2, -0.15) is 0 Å². The molecule has 0 bridgehead atoms. The maximum Gasteiger partial charge on any atom is 0.317 e. The highest BCUT2D eigenvalue weighted by molar-refractivity contribution is 5.75. The van der Waals surface area contributed by atoms with Crippen molar-refractivity contribution in [2.24, 2.45) is 0 Å². The van der Waals surface area contributed by atoms with Crippen molar-refractivity contribution >= 4 is 12.0 Å². The predicted molar refractivity (Wildman–Crippen MR) is 81.4 cm³/mol. The van der Waals surface area contributed by atoms with Crippen molar-refractivity contribution in [1.82, 2.24) is 20.4 Å². The van der Waals surface area contributed by atoms with Crippen molar-refractivity contribution in [1.29, 1.82) is 0 Å². The Hall–Kier alpha value is -1.34. The quantitative estimate of drug-likeness (QED) is 0.557. The molecule has 3 N–H and O–H groups in total. The van der Waals surface area contributed by atoms with E-state index in [1.165, 1.54) is 0 Å². The lowest BCUT2D eigenvalue weighted by Crippen LogP contribution is -2.47. The fourth-order valence-electron chi connectivity index (χ4n) is 2.55. The van der Waals surface area contributed by atoms with Gasteiger partial charge in [0.2, 0.25) is 0 Å². The van der Waals surface area contributed by atoms with Gasteiger partial charge in [-0.25, -0.2) is 4.79 Å². The predicted octanol–water partition coefficient (Wildman–Crippen LogP) is 0.176. The van der Waals surface area contributed by atoms with E-state index in [9.17, 15) is 9.59 Å². The molecule has 0 saturated carbocycles. The number of urea groups is 1. The molecule has 0 spiro atoms. The summed E-state index contributed by atoms with van der Waals surface area (Å²) in [6.07, 6.45) is 0.888. The number of nitrogens with one attached hydrogen (secondary N) is 2. The highest BCUT2D eigenvalue weighted by Crippen LogP contribution is 2.04. The van der Waals surface area contributed by atoms with Crippen LogP contribution < -0.4 is 10.6 Å². The Morgan fingerprint density at radius 3 is 2.62 bits per heavy atom. The number of rotatable bonds is 8. The van der Waals surface area contributed by atoms with E-state index in [2.05, 4.69) is 15.5 Å². The summed E-state index contributed by atoms with van der Waals surface area (Å²) in [7, 11) is 0. The molecule has 21 heavy (non-hydrogen) atoms. The van der Waals surface area contributed by atoms with E-state index in [0.29, 0.717) is 13.1 Å². The summed E-state index contributed by atoms with van der Waals surface area (Å²) in [5.41, 5.74) is 0. The molecule has 1 heterocycles. The zero-order chi connectivity index (χ0) is 15.7. The van der Waals surface area contributed by atoms with Crippen LogP contribution in [0, 0.1) is 0 Å². The highest BCUT2D eigenvalue weighted by atomic mass is 16.4. The number of carboxylic acids is 1. The summed E-state index contributed by atoms with van der Waals surface area (Å²) in [4.78, 5) is 26.7. The number of piperazine rings is 1. The molecule has 0 aromatic heterocycles. The summed E-state index contributed by atoms with van der Waals surface area (Å²) < 4.78 is 0. The molecular formula is C14H28N4O3. The summed E-state index contributed by atoms with van der Waals surface area (Å²) in [5, 5.41) is 15.0. The van der Waals surface area contributed by atoms with Crippen LogP contribution in [0.2, 0.25) is 0 Å². The van der Waals surface area contributed by atoms with Gasteiger partial charge in [-0.1, -0.05) is 0 Å². The zero-order valence-electron chi connectivity index (χ0n) is 13.1. The van der Waals surface area contributed by atoms with Crippen LogP contribution in [0.3, 0.4) is 0 Å². The number of nitrogens with zero attached hydrogens (tertiary/aromatic N) is 2. The molecule has 7 heteroatoms. The normalized spacial score (nSPS) is 17.2. The number of amides is 2. The van der Waals surface area contributed by atoms with Crippen LogP contribution in [0.4, 0.5) is 4.79 Å². The zero-order valence-corrected chi connectivity index (χ0v) is 13.1. The van der Waals surface area contributed by atoms with Crippen LogP contribution >= 0.6 is 0 Å². The van der Waals surface area contributed by atoms with Gasteiger partial charge in [-0.3, -0.25) is 4.79 Å². The van der Waals surface area contributed by atoms with Gasteiger partial charge in [0, 0.05) is 45.3 Å². The minimum absolute atomic E-state index is 0.0258. The Bertz CT molecular complexity index is 332. The lowest BCUT2D eigenvalue weighted by molar-refractivity contribution is -0.138. The van der Waals surface area contributed by atoms with E-state index in [1.54, 1.807) is 11.8 Å². The molecule has 0 radical (unpaired) electrons.